The first-order valence-electron chi connectivity index (χ1n) is 6.20. The van der Waals surface area contributed by atoms with Crippen LogP contribution in [-0.2, 0) is 5.41 Å². The van der Waals surface area contributed by atoms with Crippen molar-refractivity contribution in [2.45, 2.75) is 33.1 Å². The molecule has 0 radical (unpaired) electrons. The lowest BCUT2D eigenvalue weighted by Gasteiger charge is -2.20. The highest BCUT2D eigenvalue weighted by molar-refractivity contribution is 14.1. The van der Waals surface area contributed by atoms with Crippen LogP contribution in [0.5, 0.6) is 0 Å². The third kappa shape index (κ3) is 3.34. The van der Waals surface area contributed by atoms with E-state index in [1.54, 1.807) is 0 Å². The zero-order chi connectivity index (χ0) is 15.1. The number of aromatic nitrogens is 2. The average molecular weight is 466 g/mol. The Labute approximate surface area is 146 Å². The number of hydrogen-bond donors (Lipinski definition) is 0. The van der Waals surface area contributed by atoms with Gasteiger partial charge < -0.3 is 0 Å². The molecule has 0 N–H and O–H groups in total. The summed E-state index contributed by atoms with van der Waals surface area (Å²) in [5, 5.41) is 0.511. The van der Waals surface area contributed by atoms with Gasteiger partial charge >= 0.3 is 0 Å². The molecule has 0 fully saturated rings. The lowest BCUT2D eigenvalue weighted by Crippen LogP contribution is -2.17. The minimum Gasteiger partial charge on any atom is -0.231 e. The molecule has 0 aliphatic carbocycles. The molecule has 2 nitrogen and oxygen atoms in total. The van der Waals surface area contributed by atoms with E-state index in [0.29, 0.717) is 11.0 Å². The molecule has 2 aromatic rings. The van der Waals surface area contributed by atoms with Gasteiger partial charge in [0.1, 0.15) is 5.15 Å². The number of aryl methyl sites for hydroxylation is 1. The zero-order valence-electron chi connectivity index (χ0n) is 11.8. The predicted molar refractivity (Wildman–Crippen MR) is 96.3 cm³/mol. The molecule has 20 heavy (non-hydrogen) atoms. The predicted octanol–water partition coefficient (Wildman–Crippen LogP) is 5.77. The summed E-state index contributed by atoms with van der Waals surface area (Å²) in [6, 6.07) is 6.09. The highest BCUT2D eigenvalue weighted by Crippen LogP contribution is 2.32. The Morgan fingerprint density at radius 1 is 1.20 bits per heavy atom. The van der Waals surface area contributed by atoms with E-state index in [1.165, 1.54) is 5.56 Å². The van der Waals surface area contributed by atoms with Gasteiger partial charge in [0.2, 0.25) is 0 Å². The van der Waals surface area contributed by atoms with Crippen LogP contribution in [0.2, 0.25) is 5.15 Å². The minimum absolute atomic E-state index is 0.0697. The van der Waals surface area contributed by atoms with Gasteiger partial charge in [-0.25, -0.2) is 9.97 Å². The monoisotopic (exact) mass is 464 g/mol. The maximum absolute atomic E-state index is 6.28. The van der Waals surface area contributed by atoms with E-state index in [-0.39, 0.29) is 5.41 Å². The van der Waals surface area contributed by atoms with Gasteiger partial charge in [-0.1, -0.05) is 60.4 Å². The van der Waals surface area contributed by atoms with Crippen molar-refractivity contribution in [3.05, 3.63) is 42.7 Å². The van der Waals surface area contributed by atoms with E-state index in [2.05, 4.69) is 71.2 Å². The average Bonchev–Trinajstić information content (AvgIpc) is 2.34. The van der Waals surface area contributed by atoms with Gasteiger partial charge in [-0.05, 0) is 41.1 Å². The second kappa shape index (κ2) is 5.89. The van der Waals surface area contributed by atoms with E-state index >= 15 is 0 Å². The molecule has 1 heterocycles. The van der Waals surface area contributed by atoms with Gasteiger partial charge in [-0.3, -0.25) is 0 Å². The Hall–Kier alpha value is -0.200. The van der Waals surface area contributed by atoms with Crippen molar-refractivity contribution in [2.75, 3.05) is 0 Å². The third-order valence-electron chi connectivity index (χ3n) is 2.95. The molecular formula is C15H15BrClIN2. The Kier molecular flexibility index (Phi) is 4.76. The van der Waals surface area contributed by atoms with Crippen LogP contribution in [0.3, 0.4) is 0 Å². The molecule has 0 aliphatic rings. The highest BCUT2D eigenvalue weighted by atomic mass is 127. The minimum atomic E-state index is -0.0697. The van der Waals surface area contributed by atoms with E-state index < -0.39 is 0 Å². The summed E-state index contributed by atoms with van der Waals surface area (Å²) >= 11 is 12.0. The second-order valence-corrected chi connectivity index (χ2v) is 8.01. The number of rotatable bonds is 1. The van der Waals surface area contributed by atoms with Gasteiger partial charge in [0.25, 0.3) is 0 Å². The molecule has 0 spiro atoms. The second-order valence-electron chi connectivity index (χ2n) is 5.71. The Morgan fingerprint density at radius 2 is 1.85 bits per heavy atom. The first-order chi connectivity index (χ1) is 9.20. The summed E-state index contributed by atoms with van der Waals surface area (Å²) in [6.45, 7) is 8.43. The molecule has 0 atom stereocenters. The van der Waals surface area contributed by atoms with Gasteiger partial charge in [0.15, 0.2) is 5.82 Å². The van der Waals surface area contributed by atoms with Crippen LogP contribution in [0.4, 0.5) is 0 Å². The summed E-state index contributed by atoms with van der Waals surface area (Å²) in [6.07, 6.45) is 0. The van der Waals surface area contributed by atoms with Crippen molar-refractivity contribution in [3.63, 3.8) is 0 Å². The van der Waals surface area contributed by atoms with E-state index in [0.717, 1.165) is 19.3 Å². The SMILES string of the molecule is Cc1ccc(-c2nc(Cl)c(I)c(C(C)(C)C)n2)cc1Br. The fourth-order valence-electron chi connectivity index (χ4n) is 1.78. The molecule has 1 aromatic carbocycles. The van der Waals surface area contributed by atoms with Crippen molar-refractivity contribution in [2.24, 2.45) is 0 Å². The largest absolute Gasteiger partial charge is 0.231 e. The Morgan fingerprint density at radius 3 is 2.40 bits per heavy atom. The summed E-state index contributed by atoms with van der Waals surface area (Å²) in [4.78, 5) is 9.14. The highest BCUT2D eigenvalue weighted by Gasteiger charge is 2.23. The van der Waals surface area contributed by atoms with Crippen LogP contribution >= 0.6 is 50.1 Å². The fourth-order valence-corrected chi connectivity index (χ4v) is 3.38. The van der Waals surface area contributed by atoms with Crippen LogP contribution in [0.15, 0.2) is 22.7 Å². The maximum atomic E-state index is 6.28. The lowest BCUT2D eigenvalue weighted by atomic mass is 9.92. The zero-order valence-corrected chi connectivity index (χ0v) is 16.3. The van der Waals surface area contributed by atoms with E-state index in [1.807, 2.05) is 18.2 Å². The van der Waals surface area contributed by atoms with Crippen molar-refractivity contribution < 1.29 is 0 Å². The van der Waals surface area contributed by atoms with Gasteiger partial charge in [-0.2, -0.15) is 0 Å². The third-order valence-corrected chi connectivity index (χ3v) is 5.42. The first kappa shape index (κ1) is 16.2. The Balaban J connectivity index is 2.63. The van der Waals surface area contributed by atoms with Crippen molar-refractivity contribution in [1.29, 1.82) is 0 Å². The molecule has 0 unspecified atom stereocenters. The molecule has 0 amide bonds. The molecule has 1 aromatic heterocycles. The van der Waals surface area contributed by atoms with Gasteiger partial charge in [-0.15, -0.1) is 0 Å². The number of halogens is 3. The first-order valence-corrected chi connectivity index (χ1v) is 8.45. The quantitative estimate of drug-likeness (QED) is 0.395. The lowest BCUT2D eigenvalue weighted by molar-refractivity contribution is 0.563. The summed E-state index contributed by atoms with van der Waals surface area (Å²) in [5.74, 6) is 0.668. The topological polar surface area (TPSA) is 25.8 Å². The smallest absolute Gasteiger partial charge is 0.161 e. The van der Waals surface area contributed by atoms with Crippen LogP contribution in [0, 0.1) is 10.5 Å². The van der Waals surface area contributed by atoms with Crippen LogP contribution < -0.4 is 0 Å². The number of nitrogens with zero attached hydrogens (tertiary/aromatic N) is 2. The normalized spacial score (nSPS) is 11.8. The van der Waals surface area contributed by atoms with Crippen molar-refractivity contribution in [1.82, 2.24) is 9.97 Å². The maximum Gasteiger partial charge on any atom is 0.161 e. The van der Waals surface area contributed by atoms with Gasteiger partial charge in [0.05, 0.1) is 9.26 Å². The molecule has 106 valence electrons. The number of benzene rings is 1. The number of hydrogen-bond acceptors (Lipinski definition) is 2. The fraction of sp³-hybridized carbons (Fsp3) is 0.333. The van der Waals surface area contributed by atoms with E-state index in [4.69, 9.17) is 16.6 Å². The molecular weight excluding hydrogens is 450 g/mol. The van der Waals surface area contributed by atoms with Crippen LogP contribution in [-0.4, -0.2) is 9.97 Å². The summed E-state index contributed by atoms with van der Waals surface area (Å²) in [7, 11) is 0. The van der Waals surface area contributed by atoms with Crippen LogP contribution in [0.25, 0.3) is 11.4 Å². The van der Waals surface area contributed by atoms with Crippen molar-refractivity contribution >= 4 is 50.1 Å². The Bertz CT molecular complexity index is 666. The molecule has 5 heteroatoms. The standard InChI is InChI=1S/C15H15BrClIN2/c1-8-5-6-9(7-10(8)16)14-19-12(15(2,3)4)11(18)13(17)20-14/h5-7H,1-4H3. The molecule has 0 saturated heterocycles. The molecule has 0 aliphatic heterocycles. The molecule has 2 rings (SSSR count). The summed E-state index contributed by atoms with van der Waals surface area (Å²) < 4.78 is 1.97. The summed E-state index contributed by atoms with van der Waals surface area (Å²) in [5.41, 5.74) is 3.05. The molecule has 0 bridgehead atoms. The van der Waals surface area contributed by atoms with Gasteiger partial charge in [0, 0.05) is 15.5 Å². The van der Waals surface area contributed by atoms with Crippen LogP contribution in [0.1, 0.15) is 32.0 Å². The molecule has 0 saturated carbocycles. The van der Waals surface area contributed by atoms with E-state index in [9.17, 15) is 0 Å². The van der Waals surface area contributed by atoms with Crippen molar-refractivity contribution in [3.8, 4) is 11.4 Å².